The van der Waals surface area contributed by atoms with Crippen molar-refractivity contribution < 1.29 is 38.7 Å². The Bertz CT molecular complexity index is 1460. The molecular weight excluding hydrogens is 642 g/mol. The van der Waals surface area contributed by atoms with Crippen LogP contribution in [0, 0.1) is 20.8 Å². The number of ether oxygens (including phenoxy) is 2. The summed E-state index contributed by atoms with van der Waals surface area (Å²) in [5, 5.41) is 12.5. The Morgan fingerprint density at radius 3 is 2.56 bits per heavy atom. The number of thioether (sulfide) groups is 1. The molecule has 0 bridgehead atoms. The Balaban J connectivity index is 1.42. The molecule has 3 aromatic rings. The number of carbonyl (C=O) groups excluding carboxylic acids is 1. The normalized spacial score (nSPS) is 20.7. The number of phenolic OH excluding ortho intramolecular Hbond substituents is 1. The van der Waals surface area contributed by atoms with Gasteiger partial charge in [0.1, 0.15) is 11.5 Å². The number of rotatable bonds is 4. The molecule has 0 spiro atoms. The maximum absolute atomic E-state index is 12.6. The number of amides is 1. The van der Waals surface area contributed by atoms with Crippen molar-refractivity contribution in [2.45, 2.75) is 46.1 Å². The molecule has 7 heteroatoms. The van der Waals surface area contributed by atoms with Crippen LogP contribution in [0.15, 0.2) is 41.3 Å². The zero-order chi connectivity index (χ0) is 25.8. The van der Waals surface area contributed by atoms with Crippen LogP contribution in [0.25, 0.3) is 16.8 Å². The molecule has 5 rings (SSSR count). The van der Waals surface area contributed by atoms with E-state index >= 15 is 0 Å². The number of aromatic hydroxyl groups is 1. The van der Waals surface area contributed by atoms with E-state index in [4.69, 9.17) is 9.47 Å². The van der Waals surface area contributed by atoms with Gasteiger partial charge in [0.2, 0.25) is 0 Å². The molecule has 2 heterocycles. The fourth-order valence-corrected chi connectivity index (χ4v) is 6.94. The SMILES string of the molecule is Cc1c(C)c2c(c(C)c1O)CCC(C)(COc1ccc(/C=C3\S[C](=[W])N(C)C3=O)c3ccccc13)O2. The third-order valence-electron chi connectivity index (χ3n) is 7.32. The number of hydrogen-bond donors (Lipinski definition) is 1. The first-order valence-electron chi connectivity index (χ1n) is 12.0. The second kappa shape index (κ2) is 9.39. The molecule has 186 valence electrons. The second-order valence-electron chi connectivity index (χ2n) is 9.81. The third-order valence-corrected chi connectivity index (χ3v) is 10.2. The summed E-state index contributed by atoms with van der Waals surface area (Å²) in [6.45, 7) is 8.40. The quantitative estimate of drug-likeness (QED) is 0.355. The Morgan fingerprint density at radius 2 is 1.86 bits per heavy atom. The first-order chi connectivity index (χ1) is 17.1. The van der Waals surface area contributed by atoms with E-state index in [1.54, 1.807) is 16.7 Å². The van der Waals surface area contributed by atoms with Crippen molar-refractivity contribution in [2.75, 3.05) is 13.7 Å². The number of fused-ring (bicyclic) bond motifs is 2. The van der Waals surface area contributed by atoms with Gasteiger partial charge in [0, 0.05) is 5.56 Å². The van der Waals surface area contributed by atoms with Gasteiger partial charge in [-0.15, -0.1) is 0 Å². The summed E-state index contributed by atoms with van der Waals surface area (Å²) in [4.78, 5) is 15.1. The third kappa shape index (κ3) is 4.29. The van der Waals surface area contributed by atoms with Gasteiger partial charge in [0.05, 0.1) is 0 Å². The van der Waals surface area contributed by atoms with Gasteiger partial charge in [-0.05, 0) is 43.9 Å². The van der Waals surface area contributed by atoms with Gasteiger partial charge in [0.15, 0.2) is 0 Å². The second-order valence-corrected chi connectivity index (χ2v) is 13.3. The van der Waals surface area contributed by atoms with E-state index in [0.29, 0.717) is 12.4 Å². The average molecular weight is 671 g/mol. The molecule has 2 aliphatic rings. The molecule has 0 radical (unpaired) electrons. The van der Waals surface area contributed by atoms with E-state index in [9.17, 15) is 9.90 Å². The van der Waals surface area contributed by atoms with E-state index in [0.717, 1.165) is 71.2 Å². The Kier molecular flexibility index (Phi) is 6.55. The Labute approximate surface area is 226 Å². The van der Waals surface area contributed by atoms with Crippen LogP contribution in [0.4, 0.5) is 0 Å². The topological polar surface area (TPSA) is 59.0 Å². The van der Waals surface area contributed by atoms with Crippen molar-refractivity contribution >= 4 is 37.9 Å². The first kappa shape index (κ1) is 25.1. The van der Waals surface area contributed by atoms with E-state index in [2.05, 4.69) is 19.1 Å². The maximum atomic E-state index is 12.6. The molecule has 0 aromatic heterocycles. The molecule has 1 fully saturated rings. The minimum absolute atomic E-state index is 0.0474. The zero-order valence-electron chi connectivity index (χ0n) is 21.1. The number of carbonyl (C=O) groups is 1. The summed E-state index contributed by atoms with van der Waals surface area (Å²) in [6.07, 6.45) is 3.62. The van der Waals surface area contributed by atoms with Crippen LogP contribution in [0.1, 0.15) is 41.2 Å². The standard InChI is InChI=1S/C29H29NO4S.W/c1-17-18(2)27-21(19(3)26(17)31)12-13-29(4,34-27)15-33-24-11-10-20(22-8-6-7-9-23(22)24)14-25-28(32)30(5)16-35-25;/h6-11,14,31H,12-13,15H2,1-5H3;/b25-14-;. The van der Waals surface area contributed by atoms with Crippen LogP contribution in [0.5, 0.6) is 17.2 Å². The van der Waals surface area contributed by atoms with E-state index in [1.165, 1.54) is 19.4 Å². The molecule has 5 nitrogen and oxygen atoms in total. The van der Waals surface area contributed by atoms with E-state index in [-0.39, 0.29) is 5.91 Å². The van der Waals surface area contributed by atoms with Crippen LogP contribution in [0.3, 0.4) is 0 Å². The number of phenols is 1. The van der Waals surface area contributed by atoms with Crippen LogP contribution in [-0.4, -0.2) is 38.5 Å². The predicted octanol–water partition coefficient (Wildman–Crippen LogP) is 5.81. The van der Waals surface area contributed by atoms with E-state index in [1.807, 2.05) is 58.2 Å². The van der Waals surface area contributed by atoms with Crippen molar-refractivity contribution in [3.63, 3.8) is 0 Å². The van der Waals surface area contributed by atoms with Gasteiger partial charge < -0.3 is 5.11 Å². The molecule has 0 saturated carbocycles. The predicted molar refractivity (Wildman–Crippen MR) is 142 cm³/mol. The van der Waals surface area contributed by atoms with Gasteiger partial charge in [-0.25, -0.2) is 0 Å². The van der Waals surface area contributed by atoms with E-state index < -0.39 is 5.60 Å². The van der Waals surface area contributed by atoms with Gasteiger partial charge >= 0.3 is 162 Å². The summed E-state index contributed by atoms with van der Waals surface area (Å²) in [6, 6.07) is 12.2. The van der Waals surface area contributed by atoms with Gasteiger partial charge in [-0.3, -0.25) is 0 Å². The average Bonchev–Trinajstić information content (AvgIpc) is 3.12. The summed E-state index contributed by atoms with van der Waals surface area (Å²) in [7, 11) is 1.83. The summed E-state index contributed by atoms with van der Waals surface area (Å²) in [5.74, 6) is 2.10. The number of hydrogen-bond acceptors (Lipinski definition) is 5. The van der Waals surface area contributed by atoms with Crippen molar-refractivity contribution in [3.05, 3.63) is 69.1 Å². The fourth-order valence-electron chi connectivity index (χ4n) is 4.86. The molecule has 1 N–H and O–H groups in total. The number of likely N-dealkylation sites (N-methyl/N-ethyl adjacent to an activating group) is 1. The van der Waals surface area contributed by atoms with Crippen LogP contribution < -0.4 is 9.47 Å². The van der Waals surface area contributed by atoms with Crippen LogP contribution >= 0.6 is 11.8 Å². The number of nitrogens with zero attached hydrogens (tertiary/aromatic N) is 1. The Hall–Kier alpha value is -2.56. The zero-order valence-corrected chi connectivity index (χ0v) is 24.8. The molecule has 36 heavy (non-hydrogen) atoms. The molecule has 2 aliphatic heterocycles. The van der Waals surface area contributed by atoms with Gasteiger partial charge in [-0.1, -0.05) is 0 Å². The molecule has 1 unspecified atom stereocenters. The fraction of sp³-hybridized carbons (Fsp3) is 0.310. The van der Waals surface area contributed by atoms with Crippen molar-refractivity contribution in [1.82, 2.24) is 4.90 Å². The molecule has 1 amide bonds. The molecule has 1 atom stereocenters. The molecular formula is C29H29NO4SW. The summed E-state index contributed by atoms with van der Waals surface area (Å²) in [5.41, 5.74) is 4.37. The molecule has 3 aromatic carbocycles. The van der Waals surface area contributed by atoms with Gasteiger partial charge in [-0.2, -0.15) is 0 Å². The Morgan fingerprint density at radius 1 is 1.14 bits per heavy atom. The van der Waals surface area contributed by atoms with Crippen LogP contribution in [-0.2, 0) is 30.6 Å². The minimum atomic E-state index is -0.484. The molecule has 1 saturated heterocycles. The van der Waals surface area contributed by atoms with Crippen molar-refractivity contribution in [1.29, 1.82) is 0 Å². The summed E-state index contributed by atoms with van der Waals surface area (Å²) < 4.78 is 14.0. The van der Waals surface area contributed by atoms with Crippen LogP contribution in [0.2, 0.25) is 0 Å². The molecule has 0 aliphatic carbocycles. The van der Waals surface area contributed by atoms with Crippen molar-refractivity contribution in [3.8, 4) is 17.2 Å². The first-order valence-corrected chi connectivity index (χ1v) is 14.2. The monoisotopic (exact) mass is 671 g/mol. The number of benzene rings is 3. The van der Waals surface area contributed by atoms with Crippen molar-refractivity contribution in [2.24, 2.45) is 0 Å². The summed E-state index contributed by atoms with van der Waals surface area (Å²) >= 11 is 2.84. The van der Waals surface area contributed by atoms with Gasteiger partial charge in [0.25, 0.3) is 0 Å².